The van der Waals surface area contributed by atoms with Gasteiger partial charge in [0.2, 0.25) is 0 Å². The number of unbranched alkanes of at least 4 members (excludes halogenated alkanes) is 10. The minimum Gasteiger partial charge on any atom is -0.0654 e. The summed E-state index contributed by atoms with van der Waals surface area (Å²) >= 11 is 0. The molecular weight excluding hydrogens is 252 g/mol. The Morgan fingerprint density at radius 2 is 0.810 bits per heavy atom. The minimum atomic E-state index is 0.950. The second-order valence-electron chi connectivity index (χ2n) is 7.56. The van der Waals surface area contributed by atoms with Crippen LogP contribution in [0, 0.1) is 11.8 Å². The van der Waals surface area contributed by atoms with E-state index in [2.05, 4.69) is 27.7 Å². The van der Waals surface area contributed by atoms with Gasteiger partial charge in [0.15, 0.2) is 0 Å². The van der Waals surface area contributed by atoms with Crippen LogP contribution < -0.4 is 0 Å². The predicted octanol–water partition coefficient (Wildman–Crippen LogP) is 8.15. The smallest absolute Gasteiger partial charge is 0.0440 e. The third kappa shape index (κ3) is 16.2. The predicted molar refractivity (Wildman–Crippen MR) is 98.9 cm³/mol. The maximum Gasteiger partial charge on any atom is -0.0440 e. The topological polar surface area (TPSA) is 0 Å². The molecule has 128 valence electrons. The second kappa shape index (κ2) is 16.4. The first-order valence-electron chi connectivity index (χ1n) is 10.2. The van der Waals surface area contributed by atoms with Gasteiger partial charge in [0.1, 0.15) is 0 Å². The van der Waals surface area contributed by atoms with Crippen LogP contribution in [0.1, 0.15) is 124 Å². The second-order valence-corrected chi connectivity index (χ2v) is 7.56. The first kappa shape index (κ1) is 21.0. The van der Waals surface area contributed by atoms with Crippen molar-refractivity contribution in [2.45, 2.75) is 124 Å². The van der Waals surface area contributed by atoms with Gasteiger partial charge in [-0.25, -0.2) is 0 Å². The molecule has 0 spiro atoms. The van der Waals surface area contributed by atoms with E-state index in [-0.39, 0.29) is 0 Å². The van der Waals surface area contributed by atoms with E-state index in [9.17, 15) is 0 Å². The molecule has 0 rings (SSSR count). The van der Waals surface area contributed by atoms with Crippen molar-refractivity contribution in [2.75, 3.05) is 0 Å². The van der Waals surface area contributed by atoms with Crippen molar-refractivity contribution in [2.24, 2.45) is 11.8 Å². The van der Waals surface area contributed by atoms with E-state index in [1.54, 1.807) is 0 Å². The molecule has 0 fully saturated rings. The molecule has 0 aliphatic heterocycles. The minimum absolute atomic E-state index is 0.950. The van der Waals surface area contributed by atoms with Crippen LogP contribution in [0.2, 0.25) is 0 Å². The summed E-state index contributed by atoms with van der Waals surface area (Å²) in [6.07, 6.45) is 21.7. The van der Waals surface area contributed by atoms with Gasteiger partial charge in [-0.15, -0.1) is 0 Å². The average Bonchev–Trinajstić information content (AvgIpc) is 2.46. The number of hydrogen-bond donors (Lipinski definition) is 0. The standard InChI is InChI=1S/C21H44/c1-5-7-9-11-13-15-17-20(3)19-21(4)18-16-14-12-10-8-6-2/h20-21H,5-19H2,1-4H3. The molecular formula is C21H44. The fourth-order valence-electron chi connectivity index (χ4n) is 3.47. The zero-order valence-corrected chi connectivity index (χ0v) is 15.8. The Morgan fingerprint density at radius 3 is 1.19 bits per heavy atom. The van der Waals surface area contributed by atoms with Crippen molar-refractivity contribution in [1.29, 1.82) is 0 Å². The molecule has 0 nitrogen and oxygen atoms in total. The molecule has 21 heavy (non-hydrogen) atoms. The summed E-state index contributed by atoms with van der Waals surface area (Å²) < 4.78 is 0. The third-order valence-corrected chi connectivity index (χ3v) is 4.91. The Bertz CT molecular complexity index is 164. The van der Waals surface area contributed by atoms with E-state index in [1.807, 2.05) is 0 Å². The van der Waals surface area contributed by atoms with Crippen LogP contribution in [0.25, 0.3) is 0 Å². The van der Waals surface area contributed by atoms with Crippen LogP contribution >= 0.6 is 0 Å². The first-order valence-corrected chi connectivity index (χ1v) is 10.2. The highest BCUT2D eigenvalue weighted by atomic mass is 14.1. The summed E-state index contributed by atoms with van der Waals surface area (Å²) in [5.74, 6) is 1.90. The van der Waals surface area contributed by atoms with Crippen LogP contribution in [-0.4, -0.2) is 0 Å². The number of rotatable bonds is 16. The fourth-order valence-corrected chi connectivity index (χ4v) is 3.47. The SMILES string of the molecule is CCCCCCCCC(C)CC(C)CCCCCCCC. The lowest BCUT2D eigenvalue weighted by atomic mass is 9.89. The van der Waals surface area contributed by atoms with Crippen LogP contribution in [0.5, 0.6) is 0 Å². The van der Waals surface area contributed by atoms with Gasteiger partial charge in [-0.3, -0.25) is 0 Å². The lowest BCUT2D eigenvalue weighted by Gasteiger charge is -2.17. The molecule has 0 aromatic carbocycles. The molecule has 0 aromatic heterocycles. The Morgan fingerprint density at radius 1 is 0.476 bits per heavy atom. The lowest BCUT2D eigenvalue weighted by Crippen LogP contribution is -2.03. The Labute approximate surface area is 136 Å². The summed E-state index contributed by atoms with van der Waals surface area (Å²) in [5, 5.41) is 0. The van der Waals surface area contributed by atoms with Crippen LogP contribution in [0.4, 0.5) is 0 Å². The van der Waals surface area contributed by atoms with E-state index in [0.29, 0.717) is 0 Å². The number of hydrogen-bond acceptors (Lipinski definition) is 0. The molecule has 0 aliphatic rings. The maximum absolute atomic E-state index is 2.48. The Hall–Kier alpha value is 0. The maximum atomic E-state index is 2.48. The van der Waals surface area contributed by atoms with Gasteiger partial charge in [0.25, 0.3) is 0 Å². The normalized spacial score (nSPS) is 14.3. The van der Waals surface area contributed by atoms with E-state index in [1.165, 1.54) is 96.3 Å². The molecule has 0 saturated heterocycles. The van der Waals surface area contributed by atoms with Gasteiger partial charge in [0.05, 0.1) is 0 Å². The van der Waals surface area contributed by atoms with Crippen molar-refractivity contribution in [3.05, 3.63) is 0 Å². The molecule has 0 amide bonds. The molecule has 0 aromatic rings. The zero-order chi connectivity index (χ0) is 15.8. The summed E-state index contributed by atoms with van der Waals surface area (Å²) in [4.78, 5) is 0. The van der Waals surface area contributed by atoms with Crippen LogP contribution in [0.3, 0.4) is 0 Å². The van der Waals surface area contributed by atoms with Crippen molar-refractivity contribution < 1.29 is 0 Å². The molecule has 0 bridgehead atoms. The zero-order valence-electron chi connectivity index (χ0n) is 15.8. The molecule has 2 atom stereocenters. The molecule has 0 heterocycles. The lowest BCUT2D eigenvalue weighted by molar-refractivity contribution is 0.356. The van der Waals surface area contributed by atoms with Crippen molar-refractivity contribution in [3.63, 3.8) is 0 Å². The average molecular weight is 297 g/mol. The summed E-state index contributed by atoms with van der Waals surface area (Å²) in [5.41, 5.74) is 0. The molecule has 0 radical (unpaired) electrons. The van der Waals surface area contributed by atoms with E-state index < -0.39 is 0 Å². The highest BCUT2D eigenvalue weighted by molar-refractivity contribution is 4.61. The van der Waals surface area contributed by atoms with Gasteiger partial charge in [-0.1, -0.05) is 118 Å². The molecule has 0 aliphatic carbocycles. The third-order valence-electron chi connectivity index (χ3n) is 4.91. The summed E-state index contributed by atoms with van der Waals surface area (Å²) in [6, 6.07) is 0. The van der Waals surface area contributed by atoms with E-state index >= 15 is 0 Å². The van der Waals surface area contributed by atoms with Crippen molar-refractivity contribution in [3.8, 4) is 0 Å². The molecule has 0 saturated carbocycles. The van der Waals surface area contributed by atoms with Gasteiger partial charge in [-0.05, 0) is 18.3 Å². The van der Waals surface area contributed by atoms with Crippen molar-refractivity contribution in [1.82, 2.24) is 0 Å². The van der Waals surface area contributed by atoms with Gasteiger partial charge >= 0.3 is 0 Å². The monoisotopic (exact) mass is 296 g/mol. The highest BCUT2D eigenvalue weighted by Gasteiger charge is 2.08. The highest BCUT2D eigenvalue weighted by Crippen LogP contribution is 2.23. The van der Waals surface area contributed by atoms with Crippen LogP contribution in [-0.2, 0) is 0 Å². The quantitative estimate of drug-likeness (QED) is 0.252. The largest absolute Gasteiger partial charge is 0.0654 e. The van der Waals surface area contributed by atoms with E-state index in [4.69, 9.17) is 0 Å². The summed E-state index contributed by atoms with van der Waals surface area (Å²) in [7, 11) is 0. The molecule has 2 unspecified atom stereocenters. The van der Waals surface area contributed by atoms with Crippen LogP contribution in [0.15, 0.2) is 0 Å². The van der Waals surface area contributed by atoms with Crippen molar-refractivity contribution >= 4 is 0 Å². The molecule has 0 heteroatoms. The first-order chi connectivity index (χ1) is 10.2. The Balaban J connectivity index is 3.33. The Kier molecular flexibility index (Phi) is 16.4. The fraction of sp³-hybridized carbons (Fsp3) is 1.00. The van der Waals surface area contributed by atoms with Gasteiger partial charge in [0, 0.05) is 0 Å². The summed E-state index contributed by atoms with van der Waals surface area (Å²) in [6.45, 7) is 9.55. The van der Waals surface area contributed by atoms with E-state index in [0.717, 1.165) is 11.8 Å². The molecule has 0 N–H and O–H groups in total. The van der Waals surface area contributed by atoms with Gasteiger partial charge < -0.3 is 0 Å². The van der Waals surface area contributed by atoms with Gasteiger partial charge in [-0.2, -0.15) is 0 Å².